The van der Waals surface area contributed by atoms with E-state index in [1.54, 1.807) is 0 Å². The molecule has 0 aromatic heterocycles. The van der Waals surface area contributed by atoms with Crippen LogP contribution in [0.2, 0.25) is 0 Å². The first-order valence-electron chi connectivity index (χ1n) is 6.47. The number of hydrogen-bond acceptors (Lipinski definition) is 2. The quantitative estimate of drug-likeness (QED) is 0.732. The lowest BCUT2D eigenvalue weighted by Gasteiger charge is -2.24. The molecule has 1 fully saturated rings. The third kappa shape index (κ3) is 4.12. The molecule has 0 aromatic rings. The second-order valence-electron chi connectivity index (χ2n) is 5.32. The highest BCUT2D eigenvalue weighted by Crippen LogP contribution is 2.27. The van der Waals surface area contributed by atoms with Crippen LogP contribution >= 0.6 is 0 Å². The second kappa shape index (κ2) is 6.49. The van der Waals surface area contributed by atoms with Gasteiger partial charge < -0.3 is 10.1 Å². The van der Waals surface area contributed by atoms with Crippen molar-refractivity contribution in [3.8, 4) is 0 Å². The Morgan fingerprint density at radius 2 is 2.07 bits per heavy atom. The van der Waals surface area contributed by atoms with Crippen molar-refractivity contribution in [3.63, 3.8) is 0 Å². The van der Waals surface area contributed by atoms with E-state index < -0.39 is 0 Å². The average Bonchev–Trinajstić information content (AvgIpc) is 2.64. The molecule has 0 bridgehead atoms. The Morgan fingerprint density at radius 3 is 2.67 bits per heavy atom. The number of ether oxygens (including phenoxy) is 1. The first kappa shape index (κ1) is 13.0. The Balaban J connectivity index is 2.27. The topological polar surface area (TPSA) is 21.3 Å². The minimum absolute atomic E-state index is 0.495. The summed E-state index contributed by atoms with van der Waals surface area (Å²) in [4.78, 5) is 0. The predicted molar refractivity (Wildman–Crippen MR) is 65.0 cm³/mol. The fourth-order valence-electron chi connectivity index (χ4n) is 2.29. The third-order valence-electron chi connectivity index (χ3n) is 3.43. The maximum atomic E-state index is 5.84. The van der Waals surface area contributed by atoms with Crippen LogP contribution < -0.4 is 5.32 Å². The molecule has 2 heteroatoms. The number of rotatable bonds is 6. The summed E-state index contributed by atoms with van der Waals surface area (Å²) in [5.74, 6) is 2.19. The van der Waals surface area contributed by atoms with E-state index in [-0.39, 0.29) is 0 Å². The van der Waals surface area contributed by atoms with Crippen molar-refractivity contribution in [2.24, 2.45) is 17.8 Å². The summed E-state index contributed by atoms with van der Waals surface area (Å²) < 4.78 is 5.84. The SMILES string of the molecule is CCC(C)C1OCCC1CNCC(C)C. The van der Waals surface area contributed by atoms with E-state index in [1.165, 1.54) is 12.8 Å². The fraction of sp³-hybridized carbons (Fsp3) is 1.00. The van der Waals surface area contributed by atoms with Crippen molar-refractivity contribution in [2.75, 3.05) is 19.7 Å². The third-order valence-corrected chi connectivity index (χ3v) is 3.43. The van der Waals surface area contributed by atoms with Crippen LogP contribution in [0.5, 0.6) is 0 Å². The van der Waals surface area contributed by atoms with Gasteiger partial charge in [-0.05, 0) is 30.7 Å². The van der Waals surface area contributed by atoms with Crippen molar-refractivity contribution in [3.05, 3.63) is 0 Å². The van der Waals surface area contributed by atoms with Crippen LogP contribution in [-0.4, -0.2) is 25.8 Å². The molecule has 1 rings (SSSR count). The summed E-state index contributed by atoms with van der Waals surface area (Å²) in [7, 11) is 0. The van der Waals surface area contributed by atoms with Crippen molar-refractivity contribution in [2.45, 2.75) is 46.6 Å². The second-order valence-corrected chi connectivity index (χ2v) is 5.32. The minimum Gasteiger partial charge on any atom is -0.378 e. The largest absolute Gasteiger partial charge is 0.378 e. The molecule has 0 spiro atoms. The Labute approximate surface area is 94.8 Å². The van der Waals surface area contributed by atoms with Crippen molar-refractivity contribution in [1.82, 2.24) is 5.32 Å². The van der Waals surface area contributed by atoms with Crippen LogP contribution in [0.25, 0.3) is 0 Å². The highest BCUT2D eigenvalue weighted by Gasteiger charge is 2.31. The fourth-order valence-corrected chi connectivity index (χ4v) is 2.29. The molecule has 0 amide bonds. The van der Waals surface area contributed by atoms with Gasteiger partial charge in [0, 0.05) is 13.2 Å². The Bertz CT molecular complexity index is 170. The van der Waals surface area contributed by atoms with Gasteiger partial charge in [0.05, 0.1) is 6.10 Å². The molecule has 90 valence electrons. The van der Waals surface area contributed by atoms with Crippen LogP contribution in [-0.2, 0) is 4.74 Å². The van der Waals surface area contributed by atoms with Gasteiger partial charge in [0.1, 0.15) is 0 Å². The van der Waals surface area contributed by atoms with Crippen LogP contribution in [0.4, 0.5) is 0 Å². The Kier molecular flexibility index (Phi) is 5.62. The van der Waals surface area contributed by atoms with Crippen molar-refractivity contribution < 1.29 is 4.74 Å². The summed E-state index contributed by atoms with van der Waals surface area (Å²) in [5.41, 5.74) is 0. The van der Waals surface area contributed by atoms with Crippen LogP contribution in [0.15, 0.2) is 0 Å². The number of hydrogen-bond donors (Lipinski definition) is 1. The van der Waals surface area contributed by atoms with Crippen molar-refractivity contribution >= 4 is 0 Å². The van der Waals surface area contributed by atoms with Gasteiger partial charge in [0.25, 0.3) is 0 Å². The summed E-state index contributed by atoms with van der Waals surface area (Å²) in [6.45, 7) is 12.3. The van der Waals surface area contributed by atoms with Gasteiger partial charge >= 0.3 is 0 Å². The molecule has 2 nitrogen and oxygen atoms in total. The molecule has 1 heterocycles. The molecule has 0 saturated carbocycles. The van der Waals surface area contributed by atoms with Gasteiger partial charge in [-0.25, -0.2) is 0 Å². The van der Waals surface area contributed by atoms with Gasteiger partial charge in [-0.15, -0.1) is 0 Å². The molecule has 1 aliphatic heterocycles. The zero-order valence-electron chi connectivity index (χ0n) is 10.8. The van der Waals surface area contributed by atoms with E-state index in [9.17, 15) is 0 Å². The predicted octanol–water partition coefficient (Wildman–Crippen LogP) is 2.68. The summed E-state index contributed by atoms with van der Waals surface area (Å²) in [6, 6.07) is 0. The lowest BCUT2D eigenvalue weighted by atomic mass is 9.90. The summed E-state index contributed by atoms with van der Waals surface area (Å²) in [6.07, 6.45) is 2.96. The molecule has 3 unspecified atom stereocenters. The average molecular weight is 213 g/mol. The maximum absolute atomic E-state index is 5.84. The molecular formula is C13H27NO. The molecular weight excluding hydrogens is 186 g/mol. The van der Waals surface area contributed by atoms with Gasteiger partial charge in [-0.3, -0.25) is 0 Å². The van der Waals surface area contributed by atoms with E-state index in [0.29, 0.717) is 12.0 Å². The van der Waals surface area contributed by atoms with E-state index in [4.69, 9.17) is 4.74 Å². The molecule has 15 heavy (non-hydrogen) atoms. The Hall–Kier alpha value is -0.0800. The first-order chi connectivity index (χ1) is 7.15. The van der Waals surface area contributed by atoms with E-state index in [2.05, 4.69) is 33.0 Å². The van der Waals surface area contributed by atoms with E-state index >= 15 is 0 Å². The zero-order chi connectivity index (χ0) is 11.3. The molecule has 1 N–H and O–H groups in total. The molecule has 1 aliphatic rings. The number of nitrogens with one attached hydrogen (secondary N) is 1. The summed E-state index contributed by atoms with van der Waals surface area (Å²) in [5, 5.41) is 3.56. The van der Waals surface area contributed by atoms with Crippen LogP contribution in [0.1, 0.15) is 40.5 Å². The minimum atomic E-state index is 0.495. The van der Waals surface area contributed by atoms with E-state index in [1.807, 2.05) is 0 Å². The van der Waals surface area contributed by atoms with Gasteiger partial charge in [-0.2, -0.15) is 0 Å². The molecule has 1 saturated heterocycles. The molecule has 3 atom stereocenters. The van der Waals surface area contributed by atoms with Crippen LogP contribution in [0, 0.1) is 17.8 Å². The van der Waals surface area contributed by atoms with Crippen LogP contribution in [0.3, 0.4) is 0 Å². The molecule has 0 radical (unpaired) electrons. The highest BCUT2D eigenvalue weighted by atomic mass is 16.5. The molecule has 0 aliphatic carbocycles. The zero-order valence-corrected chi connectivity index (χ0v) is 10.8. The monoisotopic (exact) mass is 213 g/mol. The smallest absolute Gasteiger partial charge is 0.0641 e. The lowest BCUT2D eigenvalue weighted by Crippen LogP contribution is -2.33. The molecule has 0 aromatic carbocycles. The highest BCUT2D eigenvalue weighted by molar-refractivity contribution is 4.81. The van der Waals surface area contributed by atoms with Gasteiger partial charge in [0.15, 0.2) is 0 Å². The standard InChI is InChI=1S/C13H27NO/c1-5-11(4)13-12(6-7-15-13)9-14-8-10(2)3/h10-14H,5-9H2,1-4H3. The normalized spacial score (nSPS) is 28.6. The maximum Gasteiger partial charge on any atom is 0.0641 e. The van der Waals surface area contributed by atoms with E-state index in [0.717, 1.165) is 31.5 Å². The van der Waals surface area contributed by atoms with Gasteiger partial charge in [0.2, 0.25) is 0 Å². The first-order valence-corrected chi connectivity index (χ1v) is 6.47. The Morgan fingerprint density at radius 1 is 1.33 bits per heavy atom. The van der Waals surface area contributed by atoms with Crippen molar-refractivity contribution in [1.29, 1.82) is 0 Å². The van der Waals surface area contributed by atoms with Gasteiger partial charge in [-0.1, -0.05) is 34.1 Å². The lowest BCUT2D eigenvalue weighted by molar-refractivity contribution is 0.0463. The summed E-state index contributed by atoms with van der Waals surface area (Å²) >= 11 is 0.